The second kappa shape index (κ2) is 11.8. The summed E-state index contributed by atoms with van der Waals surface area (Å²) in [4.78, 5) is 19.8. The molecule has 36 heavy (non-hydrogen) atoms. The molecule has 2 aromatic carbocycles. The Morgan fingerprint density at radius 3 is 2.33 bits per heavy atom. The number of benzene rings is 2. The van der Waals surface area contributed by atoms with Crippen LogP contribution in [0.15, 0.2) is 71.1 Å². The molecule has 0 radical (unpaired) electrons. The fourth-order valence-electron chi connectivity index (χ4n) is 5.49. The fraction of sp³-hybridized carbons (Fsp3) is 0.433. The number of halogens is 1. The van der Waals surface area contributed by atoms with E-state index in [-0.39, 0.29) is 11.7 Å². The first-order chi connectivity index (χ1) is 17.7. The highest BCUT2D eigenvalue weighted by Gasteiger charge is 2.26. The van der Waals surface area contributed by atoms with Crippen LogP contribution >= 0.6 is 0 Å². The van der Waals surface area contributed by atoms with E-state index >= 15 is 0 Å². The molecule has 0 bridgehead atoms. The largest absolute Gasteiger partial charge is 0.455 e. The molecule has 1 amide bonds. The number of furan rings is 1. The number of rotatable bonds is 8. The molecule has 5 nitrogen and oxygen atoms in total. The number of carbonyl (C=O) groups is 1. The molecule has 0 atom stereocenters. The van der Waals surface area contributed by atoms with E-state index in [1.165, 1.54) is 30.9 Å². The van der Waals surface area contributed by atoms with Gasteiger partial charge in [-0.15, -0.1) is 0 Å². The summed E-state index contributed by atoms with van der Waals surface area (Å²) in [7, 11) is 0. The molecule has 1 saturated carbocycles. The highest BCUT2D eigenvalue weighted by Crippen LogP contribution is 2.27. The smallest absolute Gasteiger partial charge is 0.289 e. The van der Waals surface area contributed by atoms with E-state index in [1.54, 1.807) is 12.1 Å². The van der Waals surface area contributed by atoms with Gasteiger partial charge in [0.2, 0.25) is 0 Å². The lowest BCUT2D eigenvalue weighted by molar-refractivity contribution is 0.0591. The average molecular weight is 490 g/mol. The van der Waals surface area contributed by atoms with E-state index in [4.69, 9.17) is 4.42 Å². The van der Waals surface area contributed by atoms with Crippen LogP contribution < -0.4 is 0 Å². The summed E-state index contributed by atoms with van der Waals surface area (Å²) in [5.41, 5.74) is 2.00. The van der Waals surface area contributed by atoms with E-state index in [0.29, 0.717) is 43.5 Å². The van der Waals surface area contributed by atoms with Gasteiger partial charge in [0.25, 0.3) is 5.91 Å². The van der Waals surface area contributed by atoms with Gasteiger partial charge in [-0.25, -0.2) is 4.39 Å². The van der Waals surface area contributed by atoms with Crippen molar-refractivity contribution >= 4 is 5.91 Å². The SMILES string of the molecule is O=C(c1ccc(CN(Cc2ccccc2F)C2CCCCC2)o1)N1CCN(Cc2ccccc2)CC1. The third kappa shape index (κ3) is 6.23. The lowest BCUT2D eigenvalue weighted by Gasteiger charge is -2.34. The molecule has 6 heteroatoms. The molecule has 2 fully saturated rings. The van der Waals surface area contributed by atoms with Crippen LogP contribution in [-0.4, -0.2) is 52.8 Å². The Morgan fingerprint density at radius 2 is 1.58 bits per heavy atom. The Labute approximate surface area is 213 Å². The van der Waals surface area contributed by atoms with Crippen molar-refractivity contribution in [2.45, 2.75) is 57.8 Å². The van der Waals surface area contributed by atoms with Gasteiger partial charge < -0.3 is 9.32 Å². The van der Waals surface area contributed by atoms with Crippen LogP contribution in [0.4, 0.5) is 4.39 Å². The van der Waals surface area contributed by atoms with Gasteiger partial charge in [-0.2, -0.15) is 0 Å². The first-order valence-corrected chi connectivity index (χ1v) is 13.3. The Morgan fingerprint density at radius 1 is 0.861 bits per heavy atom. The van der Waals surface area contributed by atoms with Crippen LogP contribution in [0.2, 0.25) is 0 Å². The second-order valence-corrected chi connectivity index (χ2v) is 10.1. The van der Waals surface area contributed by atoms with Crippen LogP contribution in [0.1, 0.15) is 59.5 Å². The quantitative estimate of drug-likeness (QED) is 0.406. The van der Waals surface area contributed by atoms with Crippen molar-refractivity contribution in [3.05, 3.63) is 95.2 Å². The molecule has 5 rings (SSSR count). The molecule has 1 aliphatic carbocycles. The van der Waals surface area contributed by atoms with Gasteiger partial charge in [-0.05, 0) is 36.6 Å². The lowest BCUT2D eigenvalue weighted by Crippen LogP contribution is -2.48. The van der Waals surface area contributed by atoms with Crippen molar-refractivity contribution < 1.29 is 13.6 Å². The molecule has 190 valence electrons. The first-order valence-electron chi connectivity index (χ1n) is 13.3. The number of hydrogen-bond donors (Lipinski definition) is 0. The predicted molar refractivity (Wildman–Crippen MR) is 139 cm³/mol. The third-order valence-corrected chi connectivity index (χ3v) is 7.56. The Hall–Kier alpha value is -2.96. The van der Waals surface area contributed by atoms with Gasteiger partial charge >= 0.3 is 0 Å². The summed E-state index contributed by atoms with van der Waals surface area (Å²) in [6.07, 6.45) is 5.91. The maximum atomic E-state index is 14.4. The minimum absolute atomic E-state index is 0.0427. The number of amides is 1. The molecule has 0 N–H and O–H groups in total. The highest BCUT2D eigenvalue weighted by molar-refractivity contribution is 5.91. The zero-order valence-electron chi connectivity index (χ0n) is 20.9. The van der Waals surface area contributed by atoms with E-state index in [9.17, 15) is 9.18 Å². The predicted octanol–water partition coefficient (Wildman–Crippen LogP) is 5.71. The van der Waals surface area contributed by atoms with Crippen molar-refractivity contribution in [3.63, 3.8) is 0 Å². The highest BCUT2D eigenvalue weighted by atomic mass is 19.1. The monoisotopic (exact) mass is 489 g/mol. The second-order valence-electron chi connectivity index (χ2n) is 10.1. The third-order valence-electron chi connectivity index (χ3n) is 7.56. The van der Waals surface area contributed by atoms with E-state index < -0.39 is 0 Å². The molecule has 0 spiro atoms. The molecule has 3 aromatic rings. The summed E-state index contributed by atoms with van der Waals surface area (Å²) < 4.78 is 20.5. The molecular formula is C30H36FN3O2. The standard InChI is InChI=1S/C30H36FN3O2/c31-28-14-8-7-11-25(28)22-34(26-12-5-2-6-13-26)23-27-15-16-29(36-27)30(35)33-19-17-32(18-20-33)21-24-9-3-1-4-10-24/h1,3-4,7-11,14-16,26H,2,5-6,12-13,17-23H2. The normalized spacial score (nSPS) is 17.6. The number of hydrogen-bond acceptors (Lipinski definition) is 4. The van der Waals surface area contributed by atoms with Crippen molar-refractivity contribution in [3.8, 4) is 0 Å². The number of nitrogens with zero attached hydrogens (tertiary/aromatic N) is 3. The zero-order valence-corrected chi connectivity index (χ0v) is 20.9. The van der Waals surface area contributed by atoms with Gasteiger partial charge in [0.1, 0.15) is 11.6 Å². The number of carbonyl (C=O) groups excluding carboxylic acids is 1. The molecule has 1 aromatic heterocycles. The van der Waals surface area contributed by atoms with Crippen molar-refractivity contribution in [2.75, 3.05) is 26.2 Å². The Balaban J connectivity index is 1.20. The van der Waals surface area contributed by atoms with Crippen LogP contribution in [-0.2, 0) is 19.6 Å². The topological polar surface area (TPSA) is 39.9 Å². The summed E-state index contributed by atoms with van der Waals surface area (Å²) in [6.45, 7) is 5.14. The Kier molecular flexibility index (Phi) is 8.14. The summed E-state index contributed by atoms with van der Waals surface area (Å²) >= 11 is 0. The Bertz CT molecular complexity index is 1120. The van der Waals surface area contributed by atoms with Gasteiger partial charge in [0, 0.05) is 50.9 Å². The van der Waals surface area contributed by atoms with Crippen LogP contribution in [0.25, 0.3) is 0 Å². The maximum Gasteiger partial charge on any atom is 0.289 e. The summed E-state index contributed by atoms with van der Waals surface area (Å²) in [6, 6.07) is 21.6. The van der Waals surface area contributed by atoms with Crippen LogP contribution in [0.5, 0.6) is 0 Å². The maximum absolute atomic E-state index is 14.4. The van der Waals surface area contributed by atoms with Gasteiger partial charge in [-0.3, -0.25) is 14.6 Å². The van der Waals surface area contributed by atoms with Crippen LogP contribution in [0.3, 0.4) is 0 Å². The van der Waals surface area contributed by atoms with E-state index in [0.717, 1.165) is 38.2 Å². The first kappa shape index (κ1) is 24.7. The van der Waals surface area contributed by atoms with Gasteiger partial charge in [0.05, 0.1) is 6.54 Å². The molecule has 0 unspecified atom stereocenters. The van der Waals surface area contributed by atoms with Crippen LogP contribution in [0, 0.1) is 5.82 Å². The lowest BCUT2D eigenvalue weighted by atomic mass is 9.93. The number of piperazine rings is 1. The minimum atomic E-state index is -0.167. The fourth-order valence-corrected chi connectivity index (χ4v) is 5.49. The van der Waals surface area contributed by atoms with E-state index in [2.05, 4.69) is 34.1 Å². The summed E-state index contributed by atoms with van der Waals surface area (Å²) in [5.74, 6) is 0.956. The molecule has 2 aliphatic rings. The molecule has 1 saturated heterocycles. The van der Waals surface area contributed by atoms with Crippen molar-refractivity contribution in [1.29, 1.82) is 0 Å². The van der Waals surface area contributed by atoms with Crippen molar-refractivity contribution in [1.82, 2.24) is 14.7 Å². The summed E-state index contributed by atoms with van der Waals surface area (Å²) in [5, 5.41) is 0. The van der Waals surface area contributed by atoms with E-state index in [1.807, 2.05) is 29.2 Å². The zero-order chi connectivity index (χ0) is 24.7. The average Bonchev–Trinajstić information content (AvgIpc) is 3.39. The van der Waals surface area contributed by atoms with Gasteiger partial charge in [-0.1, -0.05) is 67.8 Å². The molecule has 1 aliphatic heterocycles. The van der Waals surface area contributed by atoms with Crippen molar-refractivity contribution in [2.24, 2.45) is 0 Å². The van der Waals surface area contributed by atoms with Gasteiger partial charge in [0.15, 0.2) is 5.76 Å². The molecule has 2 heterocycles. The minimum Gasteiger partial charge on any atom is -0.455 e. The molecular weight excluding hydrogens is 453 g/mol.